The summed E-state index contributed by atoms with van der Waals surface area (Å²) in [7, 11) is 0. The van der Waals surface area contributed by atoms with Crippen molar-refractivity contribution in [3.63, 3.8) is 0 Å². The molecule has 0 aliphatic carbocycles. The zero-order chi connectivity index (χ0) is 18.8. The third-order valence-electron chi connectivity index (χ3n) is 4.08. The summed E-state index contributed by atoms with van der Waals surface area (Å²) in [5.74, 6) is 0.821. The van der Waals surface area contributed by atoms with E-state index in [1.54, 1.807) is 18.2 Å². The number of carbonyl (C=O) groups excluding carboxylic acids is 1. The number of likely N-dealkylation sites (tertiary alicyclic amines) is 1. The number of hydrogen-bond acceptors (Lipinski definition) is 3. The third kappa shape index (κ3) is 6.54. The summed E-state index contributed by atoms with van der Waals surface area (Å²) in [4.78, 5) is 18.0. The molecule has 1 amide bonds. The molecule has 0 aromatic heterocycles. The van der Waals surface area contributed by atoms with Gasteiger partial charge >= 0.3 is 0 Å². The minimum Gasteiger partial charge on any atom is -0.486 e. The fourth-order valence-electron chi connectivity index (χ4n) is 2.77. The molecule has 7 heteroatoms. The highest BCUT2D eigenvalue weighted by Gasteiger charge is 2.18. The molecule has 6 nitrogen and oxygen atoms in total. The van der Waals surface area contributed by atoms with Gasteiger partial charge in [-0.3, -0.25) is 4.79 Å². The quantitative estimate of drug-likeness (QED) is 0.400. The number of para-hydroxylation sites is 1. The largest absolute Gasteiger partial charge is 0.486 e. The van der Waals surface area contributed by atoms with E-state index in [4.69, 9.17) is 4.74 Å². The lowest BCUT2D eigenvalue weighted by Gasteiger charge is -2.17. The molecule has 0 saturated carbocycles. The molecule has 0 bridgehead atoms. The van der Waals surface area contributed by atoms with E-state index in [2.05, 4.69) is 15.6 Å². The number of hydrogen-bond donors (Lipinski definition) is 2. The van der Waals surface area contributed by atoms with E-state index in [1.165, 1.54) is 6.07 Å². The predicted octanol–water partition coefficient (Wildman–Crippen LogP) is 2.16. The van der Waals surface area contributed by atoms with Crippen molar-refractivity contribution in [2.75, 3.05) is 32.7 Å². The van der Waals surface area contributed by atoms with Gasteiger partial charge in [-0.15, -0.1) is 0 Å². The Hall–Kier alpha value is -2.31. The molecule has 0 spiro atoms. The molecule has 1 aliphatic rings. The normalized spacial score (nSPS) is 15.9. The highest BCUT2D eigenvalue weighted by atomic mass is 19.1. The second-order valence-corrected chi connectivity index (χ2v) is 6.34. The molecular formula is C19H29FN4O2. The molecule has 1 aromatic rings. The number of aliphatic imine (C=N–C) groups is 1. The second-order valence-electron chi connectivity index (χ2n) is 6.34. The van der Waals surface area contributed by atoms with Gasteiger partial charge in [0.15, 0.2) is 17.5 Å². The van der Waals surface area contributed by atoms with Crippen LogP contribution in [0.2, 0.25) is 0 Å². The Balaban J connectivity index is 1.74. The van der Waals surface area contributed by atoms with Crippen LogP contribution in [0.3, 0.4) is 0 Å². The van der Waals surface area contributed by atoms with Gasteiger partial charge in [0.1, 0.15) is 6.10 Å². The topological polar surface area (TPSA) is 66.0 Å². The average molecular weight is 364 g/mol. The molecule has 1 unspecified atom stereocenters. The Labute approximate surface area is 154 Å². The standard InChI is InChI=1S/C19H29FN4O2/c1-3-21-19(22-11-7-13-24-12-6-10-18(24)25)23-14-15(2)26-17-9-5-4-8-16(17)20/h4-5,8-9,15H,3,6-7,10-14H2,1-2H3,(H2,21,22,23). The number of carbonyl (C=O) groups is 1. The van der Waals surface area contributed by atoms with Crippen LogP contribution in [0.5, 0.6) is 5.75 Å². The molecular weight excluding hydrogens is 335 g/mol. The third-order valence-corrected chi connectivity index (χ3v) is 4.08. The number of guanidine groups is 1. The summed E-state index contributed by atoms with van der Waals surface area (Å²) < 4.78 is 19.2. The maximum absolute atomic E-state index is 13.6. The highest BCUT2D eigenvalue weighted by molar-refractivity contribution is 5.79. The van der Waals surface area contributed by atoms with Gasteiger partial charge in [-0.25, -0.2) is 9.38 Å². The van der Waals surface area contributed by atoms with E-state index in [0.717, 1.165) is 39.0 Å². The zero-order valence-corrected chi connectivity index (χ0v) is 15.6. The Morgan fingerprint density at radius 3 is 2.88 bits per heavy atom. The number of ether oxygens (including phenoxy) is 1. The van der Waals surface area contributed by atoms with Crippen LogP contribution < -0.4 is 15.4 Å². The lowest BCUT2D eigenvalue weighted by atomic mass is 10.3. The Morgan fingerprint density at radius 2 is 2.19 bits per heavy atom. The summed E-state index contributed by atoms with van der Waals surface area (Å²) in [6.45, 7) is 7.40. The molecule has 2 rings (SSSR count). The molecule has 1 atom stereocenters. The van der Waals surface area contributed by atoms with E-state index in [-0.39, 0.29) is 23.6 Å². The molecule has 1 aromatic carbocycles. The zero-order valence-electron chi connectivity index (χ0n) is 15.6. The smallest absolute Gasteiger partial charge is 0.222 e. The van der Waals surface area contributed by atoms with Crippen LogP contribution in [0.25, 0.3) is 0 Å². The van der Waals surface area contributed by atoms with Gasteiger partial charge in [-0.2, -0.15) is 0 Å². The van der Waals surface area contributed by atoms with E-state index in [1.807, 2.05) is 18.7 Å². The van der Waals surface area contributed by atoms with Gasteiger partial charge in [-0.1, -0.05) is 12.1 Å². The number of nitrogens with zero attached hydrogens (tertiary/aromatic N) is 2. The van der Waals surface area contributed by atoms with Crippen LogP contribution in [0, 0.1) is 5.82 Å². The monoisotopic (exact) mass is 364 g/mol. The van der Waals surface area contributed by atoms with Crippen molar-refractivity contribution in [3.05, 3.63) is 30.1 Å². The van der Waals surface area contributed by atoms with Gasteiger partial charge in [0.25, 0.3) is 0 Å². The van der Waals surface area contributed by atoms with E-state index in [9.17, 15) is 9.18 Å². The molecule has 1 heterocycles. The highest BCUT2D eigenvalue weighted by Crippen LogP contribution is 2.17. The lowest BCUT2D eigenvalue weighted by Crippen LogP contribution is -2.39. The minimum atomic E-state index is -0.371. The number of rotatable bonds is 9. The first-order valence-electron chi connectivity index (χ1n) is 9.31. The van der Waals surface area contributed by atoms with Crippen LogP contribution in [-0.2, 0) is 4.79 Å². The molecule has 26 heavy (non-hydrogen) atoms. The van der Waals surface area contributed by atoms with Crippen molar-refractivity contribution in [3.8, 4) is 5.75 Å². The van der Waals surface area contributed by atoms with E-state index >= 15 is 0 Å². The maximum Gasteiger partial charge on any atom is 0.222 e. The first kappa shape index (κ1) is 20.0. The van der Waals surface area contributed by atoms with E-state index in [0.29, 0.717) is 18.9 Å². The van der Waals surface area contributed by atoms with Gasteiger partial charge < -0.3 is 20.3 Å². The van der Waals surface area contributed by atoms with Crippen molar-refractivity contribution in [2.24, 2.45) is 4.99 Å². The van der Waals surface area contributed by atoms with Crippen LogP contribution in [0.4, 0.5) is 4.39 Å². The maximum atomic E-state index is 13.6. The summed E-state index contributed by atoms with van der Waals surface area (Å²) in [6.07, 6.45) is 2.27. The summed E-state index contributed by atoms with van der Waals surface area (Å²) in [5, 5.41) is 6.44. The summed E-state index contributed by atoms with van der Waals surface area (Å²) in [5.41, 5.74) is 0. The minimum absolute atomic E-state index is 0.239. The molecule has 0 radical (unpaired) electrons. The van der Waals surface area contributed by atoms with Crippen molar-refractivity contribution in [1.82, 2.24) is 15.5 Å². The summed E-state index contributed by atoms with van der Waals surface area (Å²) in [6, 6.07) is 6.36. The SMILES string of the molecule is CCNC(=NCC(C)Oc1ccccc1F)NCCCN1CCCC1=O. The Bertz CT molecular complexity index is 609. The fraction of sp³-hybridized carbons (Fsp3) is 0.579. The second kappa shape index (κ2) is 10.6. The Morgan fingerprint density at radius 1 is 1.38 bits per heavy atom. The van der Waals surface area contributed by atoms with Crippen LogP contribution in [0.1, 0.15) is 33.1 Å². The van der Waals surface area contributed by atoms with Gasteiger partial charge in [0.05, 0.1) is 6.54 Å². The van der Waals surface area contributed by atoms with Crippen molar-refractivity contribution in [2.45, 2.75) is 39.2 Å². The van der Waals surface area contributed by atoms with Crippen molar-refractivity contribution >= 4 is 11.9 Å². The lowest BCUT2D eigenvalue weighted by molar-refractivity contribution is -0.127. The van der Waals surface area contributed by atoms with Crippen LogP contribution in [0.15, 0.2) is 29.3 Å². The number of halogens is 1. The number of benzene rings is 1. The van der Waals surface area contributed by atoms with Crippen molar-refractivity contribution in [1.29, 1.82) is 0 Å². The van der Waals surface area contributed by atoms with Gasteiger partial charge in [0.2, 0.25) is 5.91 Å². The molecule has 2 N–H and O–H groups in total. The molecule has 1 saturated heterocycles. The fourth-order valence-corrected chi connectivity index (χ4v) is 2.77. The Kier molecular flexibility index (Phi) is 8.18. The summed E-state index contributed by atoms with van der Waals surface area (Å²) >= 11 is 0. The average Bonchev–Trinajstić information content (AvgIpc) is 3.03. The van der Waals surface area contributed by atoms with Gasteiger partial charge in [0, 0.05) is 32.6 Å². The number of nitrogens with one attached hydrogen (secondary N) is 2. The van der Waals surface area contributed by atoms with Gasteiger partial charge in [-0.05, 0) is 38.8 Å². The van der Waals surface area contributed by atoms with Crippen LogP contribution in [-0.4, -0.2) is 55.6 Å². The molecule has 1 fully saturated rings. The first-order valence-corrected chi connectivity index (χ1v) is 9.31. The predicted molar refractivity (Wildman–Crippen MR) is 101 cm³/mol. The van der Waals surface area contributed by atoms with E-state index < -0.39 is 0 Å². The van der Waals surface area contributed by atoms with Crippen LogP contribution >= 0.6 is 0 Å². The number of amides is 1. The first-order chi connectivity index (χ1) is 12.6. The van der Waals surface area contributed by atoms with Crippen molar-refractivity contribution < 1.29 is 13.9 Å². The molecule has 144 valence electrons. The molecule has 1 aliphatic heterocycles.